The van der Waals surface area contributed by atoms with Crippen LogP contribution in [0, 0.1) is 5.92 Å². The van der Waals surface area contributed by atoms with Gasteiger partial charge in [-0.25, -0.2) is 0 Å². The SMILES string of the molecule is C[C@@H](CO)C(=O)N(CC(=O)NCc1ccccc1)Cc1ccccc1. The van der Waals surface area contributed by atoms with Crippen molar-refractivity contribution >= 4 is 11.8 Å². The van der Waals surface area contributed by atoms with Crippen molar-refractivity contribution in [2.75, 3.05) is 13.2 Å². The van der Waals surface area contributed by atoms with E-state index in [0.29, 0.717) is 13.1 Å². The second-order valence-corrected chi connectivity index (χ2v) is 6.03. The highest BCUT2D eigenvalue weighted by Crippen LogP contribution is 2.09. The summed E-state index contributed by atoms with van der Waals surface area (Å²) in [6.07, 6.45) is 0. The molecule has 2 aromatic rings. The van der Waals surface area contributed by atoms with E-state index in [1.165, 1.54) is 4.90 Å². The van der Waals surface area contributed by atoms with Crippen LogP contribution in [0.4, 0.5) is 0 Å². The Morgan fingerprint density at radius 1 is 1.00 bits per heavy atom. The maximum atomic E-state index is 12.5. The Kier molecular flexibility index (Phi) is 7.16. The molecule has 0 heterocycles. The van der Waals surface area contributed by atoms with Crippen molar-refractivity contribution in [1.29, 1.82) is 0 Å². The van der Waals surface area contributed by atoms with Crippen molar-refractivity contribution in [2.45, 2.75) is 20.0 Å². The number of hydrogen-bond acceptors (Lipinski definition) is 3. The predicted molar refractivity (Wildman–Crippen MR) is 96.4 cm³/mol. The third kappa shape index (κ3) is 6.04. The van der Waals surface area contributed by atoms with Crippen LogP contribution in [-0.4, -0.2) is 35.0 Å². The Bertz CT molecular complexity index is 674. The van der Waals surface area contributed by atoms with Crippen LogP contribution < -0.4 is 5.32 Å². The van der Waals surface area contributed by atoms with Crippen LogP contribution in [0.5, 0.6) is 0 Å². The number of nitrogens with zero attached hydrogens (tertiary/aromatic N) is 1. The zero-order valence-corrected chi connectivity index (χ0v) is 14.4. The summed E-state index contributed by atoms with van der Waals surface area (Å²) in [5, 5.41) is 12.1. The van der Waals surface area contributed by atoms with Gasteiger partial charge < -0.3 is 15.3 Å². The number of aliphatic hydroxyl groups excluding tert-OH is 1. The summed E-state index contributed by atoms with van der Waals surface area (Å²) in [5.74, 6) is -0.995. The lowest BCUT2D eigenvalue weighted by Gasteiger charge is -2.25. The van der Waals surface area contributed by atoms with E-state index in [4.69, 9.17) is 0 Å². The molecule has 0 aliphatic rings. The minimum atomic E-state index is -0.536. The average Bonchev–Trinajstić information content (AvgIpc) is 2.66. The summed E-state index contributed by atoms with van der Waals surface area (Å²) in [5.41, 5.74) is 1.94. The molecule has 0 unspecified atom stereocenters. The second kappa shape index (κ2) is 9.59. The Morgan fingerprint density at radius 2 is 1.56 bits per heavy atom. The largest absolute Gasteiger partial charge is 0.396 e. The third-order valence-corrected chi connectivity index (χ3v) is 3.89. The van der Waals surface area contributed by atoms with Gasteiger partial charge in [-0.2, -0.15) is 0 Å². The van der Waals surface area contributed by atoms with E-state index >= 15 is 0 Å². The zero-order chi connectivity index (χ0) is 18.1. The fraction of sp³-hybridized carbons (Fsp3) is 0.300. The molecule has 25 heavy (non-hydrogen) atoms. The standard InChI is InChI=1S/C20H24N2O3/c1-16(15-23)20(25)22(13-18-10-6-3-7-11-18)14-19(24)21-12-17-8-4-2-5-9-17/h2-11,16,23H,12-15H2,1H3,(H,21,24)/t16-/m0/s1. The molecule has 1 atom stereocenters. The van der Waals surface area contributed by atoms with Gasteiger partial charge in [-0.3, -0.25) is 9.59 Å². The molecular weight excluding hydrogens is 316 g/mol. The van der Waals surface area contributed by atoms with Gasteiger partial charge in [0.1, 0.15) is 0 Å². The quantitative estimate of drug-likeness (QED) is 0.772. The Morgan fingerprint density at radius 3 is 2.12 bits per heavy atom. The summed E-state index contributed by atoms with van der Waals surface area (Å²) in [7, 11) is 0. The smallest absolute Gasteiger partial charge is 0.239 e. The molecule has 0 aliphatic carbocycles. The Balaban J connectivity index is 1.99. The van der Waals surface area contributed by atoms with E-state index in [9.17, 15) is 14.7 Å². The van der Waals surface area contributed by atoms with E-state index in [2.05, 4.69) is 5.32 Å². The van der Waals surface area contributed by atoms with Crippen molar-refractivity contribution in [3.05, 3.63) is 71.8 Å². The fourth-order valence-corrected chi connectivity index (χ4v) is 2.43. The molecule has 0 radical (unpaired) electrons. The lowest BCUT2D eigenvalue weighted by Crippen LogP contribution is -2.43. The van der Waals surface area contributed by atoms with Gasteiger partial charge in [0.25, 0.3) is 0 Å². The van der Waals surface area contributed by atoms with Gasteiger partial charge in [0.2, 0.25) is 11.8 Å². The molecule has 5 heteroatoms. The Hall–Kier alpha value is -2.66. The molecular formula is C20H24N2O3. The number of carbonyl (C=O) groups is 2. The number of nitrogens with one attached hydrogen (secondary N) is 1. The molecule has 0 saturated heterocycles. The van der Waals surface area contributed by atoms with Crippen LogP contribution in [0.1, 0.15) is 18.1 Å². The lowest BCUT2D eigenvalue weighted by atomic mass is 10.1. The number of rotatable bonds is 8. The third-order valence-electron chi connectivity index (χ3n) is 3.89. The maximum Gasteiger partial charge on any atom is 0.239 e. The highest BCUT2D eigenvalue weighted by molar-refractivity contribution is 5.85. The van der Waals surface area contributed by atoms with E-state index < -0.39 is 5.92 Å². The number of amides is 2. The summed E-state index contributed by atoms with van der Waals surface area (Å²) in [6.45, 7) is 2.13. The van der Waals surface area contributed by atoms with Gasteiger partial charge in [0.15, 0.2) is 0 Å². The molecule has 0 fully saturated rings. The monoisotopic (exact) mass is 340 g/mol. The molecule has 132 valence electrons. The number of benzene rings is 2. The predicted octanol–water partition coefficient (Wildman–Crippen LogP) is 1.96. The Labute approximate surface area is 148 Å². The molecule has 2 N–H and O–H groups in total. The zero-order valence-electron chi connectivity index (χ0n) is 14.4. The average molecular weight is 340 g/mol. The fourth-order valence-electron chi connectivity index (χ4n) is 2.43. The van der Waals surface area contributed by atoms with Crippen molar-refractivity contribution in [3.63, 3.8) is 0 Å². The van der Waals surface area contributed by atoms with Crippen LogP contribution in [0.15, 0.2) is 60.7 Å². The number of hydrogen-bond donors (Lipinski definition) is 2. The van der Waals surface area contributed by atoms with Crippen molar-refractivity contribution in [3.8, 4) is 0 Å². The first-order valence-corrected chi connectivity index (χ1v) is 8.34. The number of aliphatic hydroxyl groups is 1. The van der Waals surface area contributed by atoms with Crippen molar-refractivity contribution in [1.82, 2.24) is 10.2 Å². The molecule has 0 aromatic heterocycles. The first kappa shape index (κ1) is 18.7. The first-order chi connectivity index (χ1) is 12.1. The second-order valence-electron chi connectivity index (χ2n) is 6.03. The van der Waals surface area contributed by atoms with Gasteiger partial charge >= 0.3 is 0 Å². The summed E-state index contributed by atoms with van der Waals surface area (Å²) in [4.78, 5) is 26.2. The lowest BCUT2D eigenvalue weighted by molar-refractivity contribution is -0.140. The minimum Gasteiger partial charge on any atom is -0.396 e. The van der Waals surface area contributed by atoms with E-state index in [1.54, 1.807) is 6.92 Å². The molecule has 5 nitrogen and oxygen atoms in total. The highest BCUT2D eigenvalue weighted by Gasteiger charge is 2.22. The minimum absolute atomic E-state index is 0.0368. The van der Waals surface area contributed by atoms with Gasteiger partial charge in [-0.15, -0.1) is 0 Å². The topological polar surface area (TPSA) is 69.6 Å². The number of carbonyl (C=O) groups excluding carboxylic acids is 2. The summed E-state index contributed by atoms with van der Waals surface area (Å²) < 4.78 is 0. The van der Waals surface area contributed by atoms with Crippen LogP contribution in [0.25, 0.3) is 0 Å². The van der Waals surface area contributed by atoms with Gasteiger partial charge in [-0.05, 0) is 11.1 Å². The molecule has 0 saturated carbocycles. The van der Waals surface area contributed by atoms with E-state index in [0.717, 1.165) is 11.1 Å². The van der Waals surface area contributed by atoms with Gasteiger partial charge in [0.05, 0.1) is 19.1 Å². The normalized spacial score (nSPS) is 11.6. The van der Waals surface area contributed by atoms with E-state index in [-0.39, 0.29) is 25.0 Å². The van der Waals surface area contributed by atoms with Gasteiger partial charge in [-0.1, -0.05) is 67.6 Å². The molecule has 0 spiro atoms. The van der Waals surface area contributed by atoms with Crippen LogP contribution in [0.2, 0.25) is 0 Å². The van der Waals surface area contributed by atoms with Gasteiger partial charge in [0, 0.05) is 13.1 Å². The molecule has 2 aromatic carbocycles. The maximum absolute atomic E-state index is 12.5. The van der Waals surface area contributed by atoms with Crippen molar-refractivity contribution in [2.24, 2.45) is 5.92 Å². The molecule has 2 rings (SSSR count). The highest BCUT2D eigenvalue weighted by atomic mass is 16.3. The molecule has 2 amide bonds. The van der Waals surface area contributed by atoms with E-state index in [1.807, 2.05) is 60.7 Å². The summed E-state index contributed by atoms with van der Waals surface area (Å²) in [6, 6.07) is 19.1. The van der Waals surface area contributed by atoms with Crippen molar-refractivity contribution < 1.29 is 14.7 Å². The summed E-state index contributed by atoms with van der Waals surface area (Å²) >= 11 is 0. The molecule has 0 aliphatic heterocycles. The van der Waals surface area contributed by atoms with Crippen LogP contribution in [-0.2, 0) is 22.7 Å². The van der Waals surface area contributed by atoms with Crippen LogP contribution in [0.3, 0.4) is 0 Å². The van der Waals surface area contributed by atoms with Crippen LogP contribution >= 0.6 is 0 Å². The molecule has 0 bridgehead atoms. The first-order valence-electron chi connectivity index (χ1n) is 8.34.